The molecule has 1 aromatic rings. The molecular formula is C12H15NO. The Hall–Kier alpha value is -1.31. The molecule has 0 heterocycles. The molecule has 0 bridgehead atoms. The lowest BCUT2D eigenvalue weighted by molar-refractivity contribution is 0.415. The first-order chi connectivity index (χ1) is 6.79. The second-order valence-electron chi connectivity index (χ2n) is 3.73. The molecule has 1 aliphatic rings. The fourth-order valence-electron chi connectivity index (χ4n) is 1.45. The van der Waals surface area contributed by atoms with Crippen molar-refractivity contribution in [3.8, 4) is 5.75 Å². The number of rotatable bonds is 3. The average Bonchev–Trinajstić information content (AvgIpc) is 3.02. The van der Waals surface area contributed by atoms with Gasteiger partial charge >= 0.3 is 0 Å². The maximum atomic E-state index is 5.09. The van der Waals surface area contributed by atoms with E-state index in [-0.39, 0.29) is 0 Å². The Morgan fingerprint density at radius 1 is 1.29 bits per heavy atom. The minimum Gasteiger partial charge on any atom is -0.497 e. The van der Waals surface area contributed by atoms with Crippen LogP contribution in [0.25, 0.3) is 0 Å². The summed E-state index contributed by atoms with van der Waals surface area (Å²) in [6.07, 6.45) is 2.62. The van der Waals surface area contributed by atoms with Gasteiger partial charge in [0.15, 0.2) is 0 Å². The molecule has 1 aromatic carbocycles. The predicted molar refractivity (Wildman–Crippen MR) is 58.5 cm³/mol. The highest BCUT2D eigenvalue weighted by atomic mass is 16.5. The highest BCUT2D eigenvalue weighted by molar-refractivity contribution is 5.88. The number of methoxy groups -OCH3 is 1. The van der Waals surface area contributed by atoms with Crippen LogP contribution in [0.1, 0.15) is 19.8 Å². The largest absolute Gasteiger partial charge is 0.497 e. The standard InChI is InChI=1S/C12H15NO/c1-9(10-3-4-10)13-11-5-7-12(14-2)8-6-11/h5-8,10H,3-4H2,1-2H3/b13-9-. The van der Waals surface area contributed by atoms with Crippen LogP contribution in [0.4, 0.5) is 5.69 Å². The summed E-state index contributed by atoms with van der Waals surface area (Å²) in [6.45, 7) is 2.11. The molecule has 74 valence electrons. The molecular weight excluding hydrogens is 174 g/mol. The third kappa shape index (κ3) is 2.13. The first kappa shape index (κ1) is 9.25. The Kier molecular flexibility index (Phi) is 2.53. The van der Waals surface area contributed by atoms with Crippen molar-refractivity contribution < 1.29 is 4.74 Å². The molecule has 0 N–H and O–H groups in total. The van der Waals surface area contributed by atoms with Crippen LogP contribution in [0.5, 0.6) is 5.75 Å². The summed E-state index contributed by atoms with van der Waals surface area (Å²) in [7, 11) is 1.67. The van der Waals surface area contributed by atoms with E-state index in [1.165, 1.54) is 18.6 Å². The van der Waals surface area contributed by atoms with E-state index in [4.69, 9.17) is 4.74 Å². The van der Waals surface area contributed by atoms with Crippen LogP contribution in [0, 0.1) is 5.92 Å². The fraction of sp³-hybridized carbons (Fsp3) is 0.417. The van der Waals surface area contributed by atoms with Gasteiger partial charge in [-0.25, -0.2) is 0 Å². The molecule has 0 radical (unpaired) electrons. The van der Waals surface area contributed by atoms with Crippen LogP contribution in [0.3, 0.4) is 0 Å². The van der Waals surface area contributed by atoms with E-state index >= 15 is 0 Å². The molecule has 0 amide bonds. The Balaban J connectivity index is 2.12. The zero-order valence-corrected chi connectivity index (χ0v) is 8.66. The van der Waals surface area contributed by atoms with E-state index < -0.39 is 0 Å². The average molecular weight is 189 g/mol. The van der Waals surface area contributed by atoms with E-state index in [2.05, 4.69) is 11.9 Å². The maximum absolute atomic E-state index is 5.09. The molecule has 2 rings (SSSR count). The van der Waals surface area contributed by atoms with Crippen LogP contribution in [0.15, 0.2) is 29.3 Å². The van der Waals surface area contributed by atoms with Crippen molar-refractivity contribution in [2.75, 3.05) is 7.11 Å². The molecule has 1 aliphatic carbocycles. The molecule has 0 aromatic heterocycles. The van der Waals surface area contributed by atoms with Gasteiger partial charge in [-0.15, -0.1) is 0 Å². The molecule has 2 heteroatoms. The summed E-state index contributed by atoms with van der Waals surface area (Å²) in [5.41, 5.74) is 2.28. The van der Waals surface area contributed by atoms with Crippen molar-refractivity contribution in [1.82, 2.24) is 0 Å². The summed E-state index contributed by atoms with van der Waals surface area (Å²) in [4.78, 5) is 4.56. The van der Waals surface area contributed by atoms with Gasteiger partial charge < -0.3 is 4.74 Å². The van der Waals surface area contributed by atoms with Gasteiger partial charge in [0.05, 0.1) is 12.8 Å². The molecule has 0 atom stereocenters. The smallest absolute Gasteiger partial charge is 0.119 e. The van der Waals surface area contributed by atoms with Crippen LogP contribution in [-0.2, 0) is 0 Å². The highest BCUT2D eigenvalue weighted by Gasteiger charge is 2.24. The maximum Gasteiger partial charge on any atom is 0.119 e. The Labute approximate surface area is 84.6 Å². The SMILES string of the molecule is COc1ccc(/N=C(/C)C2CC2)cc1. The number of hydrogen-bond donors (Lipinski definition) is 0. The third-order valence-electron chi connectivity index (χ3n) is 2.55. The van der Waals surface area contributed by atoms with Crippen LogP contribution in [0.2, 0.25) is 0 Å². The summed E-state index contributed by atoms with van der Waals surface area (Å²) in [5.74, 6) is 1.63. The van der Waals surface area contributed by atoms with Crippen molar-refractivity contribution >= 4 is 11.4 Å². The molecule has 0 aliphatic heterocycles. The first-order valence-electron chi connectivity index (χ1n) is 4.99. The number of benzene rings is 1. The molecule has 14 heavy (non-hydrogen) atoms. The summed E-state index contributed by atoms with van der Waals surface area (Å²) in [6, 6.07) is 7.87. The molecule has 0 unspecified atom stereocenters. The Morgan fingerprint density at radius 3 is 2.43 bits per heavy atom. The van der Waals surface area contributed by atoms with Crippen LogP contribution in [-0.4, -0.2) is 12.8 Å². The zero-order valence-electron chi connectivity index (χ0n) is 8.66. The van der Waals surface area contributed by atoms with Gasteiger partial charge in [-0.3, -0.25) is 4.99 Å². The van der Waals surface area contributed by atoms with Crippen molar-refractivity contribution in [3.63, 3.8) is 0 Å². The van der Waals surface area contributed by atoms with Gasteiger partial charge in [0.25, 0.3) is 0 Å². The molecule has 1 fully saturated rings. The van der Waals surface area contributed by atoms with E-state index in [1.54, 1.807) is 7.11 Å². The zero-order chi connectivity index (χ0) is 9.97. The van der Waals surface area contributed by atoms with E-state index in [0.717, 1.165) is 17.4 Å². The monoisotopic (exact) mass is 189 g/mol. The minimum atomic E-state index is 0.747. The summed E-state index contributed by atoms with van der Waals surface area (Å²) in [5, 5.41) is 0. The lowest BCUT2D eigenvalue weighted by Gasteiger charge is -2.00. The van der Waals surface area contributed by atoms with Gasteiger partial charge in [0.2, 0.25) is 0 Å². The number of ether oxygens (including phenoxy) is 1. The summed E-state index contributed by atoms with van der Waals surface area (Å²) >= 11 is 0. The lowest BCUT2D eigenvalue weighted by atomic mass is 10.2. The highest BCUT2D eigenvalue weighted by Crippen LogP contribution is 2.32. The number of nitrogens with zero attached hydrogens (tertiary/aromatic N) is 1. The van der Waals surface area contributed by atoms with Gasteiger partial charge in [-0.2, -0.15) is 0 Å². The van der Waals surface area contributed by atoms with Crippen molar-refractivity contribution in [3.05, 3.63) is 24.3 Å². The predicted octanol–water partition coefficient (Wildman–Crippen LogP) is 3.20. The molecule has 0 spiro atoms. The van der Waals surface area contributed by atoms with Gasteiger partial charge in [-0.05, 0) is 49.9 Å². The Bertz CT molecular complexity index is 336. The van der Waals surface area contributed by atoms with Crippen molar-refractivity contribution in [1.29, 1.82) is 0 Å². The van der Waals surface area contributed by atoms with Gasteiger partial charge in [0, 0.05) is 5.71 Å². The quantitative estimate of drug-likeness (QED) is 0.669. The lowest BCUT2D eigenvalue weighted by Crippen LogP contribution is -1.91. The second kappa shape index (κ2) is 3.82. The van der Waals surface area contributed by atoms with E-state index in [0.29, 0.717) is 0 Å². The van der Waals surface area contributed by atoms with Crippen molar-refractivity contribution in [2.24, 2.45) is 10.9 Å². The van der Waals surface area contributed by atoms with E-state index in [9.17, 15) is 0 Å². The van der Waals surface area contributed by atoms with Crippen LogP contribution >= 0.6 is 0 Å². The topological polar surface area (TPSA) is 21.6 Å². The van der Waals surface area contributed by atoms with Crippen molar-refractivity contribution in [2.45, 2.75) is 19.8 Å². The number of hydrogen-bond acceptors (Lipinski definition) is 2. The normalized spacial score (nSPS) is 16.9. The Morgan fingerprint density at radius 2 is 1.93 bits per heavy atom. The third-order valence-corrected chi connectivity index (χ3v) is 2.55. The minimum absolute atomic E-state index is 0.747. The molecule has 0 saturated heterocycles. The second-order valence-corrected chi connectivity index (χ2v) is 3.73. The van der Waals surface area contributed by atoms with Gasteiger partial charge in [0.1, 0.15) is 5.75 Å². The van der Waals surface area contributed by atoms with E-state index in [1.807, 2.05) is 24.3 Å². The number of aliphatic imine (C=N–C) groups is 1. The first-order valence-corrected chi connectivity index (χ1v) is 4.99. The van der Waals surface area contributed by atoms with Crippen LogP contribution < -0.4 is 4.74 Å². The van der Waals surface area contributed by atoms with Gasteiger partial charge in [-0.1, -0.05) is 0 Å². The fourth-order valence-corrected chi connectivity index (χ4v) is 1.45. The molecule has 2 nitrogen and oxygen atoms in total. The summed E-state index contributed by atoms with van der Waals surface area (Å²) < 4.78 is 5.09. The molecule has 1 saturated carbocycles.